The van der Waals surface area contributed by atoms with E-state index in [1.54, 1.807) is 0 Å². The third kappa shape index (κ3) is 3.32. The SMILES string of the molecule is CC1(O)CCCN(CCCn2ccnc2)C1. The first-order valence-corrected chi connectivity index (χ1v) is 6.06. The number of β-amino-alcohol motifs (C(OH)–C–C–N with tert-alkyl or cyclic N) is 1. The molecule has 1 aliphatic heterocycles. The zero-order valence-electron chi connectivity index (χ0n) is 9.97. The van der Waals surface area contributed by atoms with E-state index in [4.69, 9.17) is 0 Å². The fourth-order valence-electron chi connectivity index (χ4n) is 2.41. The van der Waals surface area contributed by atoms with Gasteiger partial charge in [0.25, 0.3) is 0 Å². The summed E-state index contributed by atoms with van der Waals surface area (Å²) in [5, 5.41) is 9.97. The van der Waals surface area contributed by atoms with Crippen molar-refractivity contribution in [2.24, 2.45) is 0 Å². The Morgan fingerprint density at radius 3 is 3.00 bits per heavy atom. The van der Waals surface area contributed by atoms with Crippen LogP contribution in [0, 0.1) is 0 Å². The molecule has 4 nitrogen and oxygen atoms in total. The van der Waals surface area contributed by atoms with Crippen LogP contribution in [-0.2, 0) is 6.54 Å². The zero-order valence-corrected chi connectivity index (χ0v) is 9.97. The van der Waals surface area contributed by atoms with Crippen molar-refractivity contribution >= 4 is 0 Å². The normalized spacial score (nSPS) is 27.1. The Kier molecular flexibility index (Phi) is 3.61. The van der Waals surface area contributed by atoms with Crippen molar-refractivity contribution < 1.29 is 5.11 Å². The van der Waals surface area contributed by atoms with Gasteiger partial charge >= 0.3 is 0 Å². The zero-order chi connectivity index (χ0) is 11.4. The highest BCUT2D eigenvalue weighted by molar-refractivity contribution is 4.82. The molecule has 90 valence electrons. The Hall–Kier alpha value is -0.870. The highest BCUT2D eigenvalue weighted by Gasteiger charge is 2.27. The fraction of sp³-hybridized carbons (Fsp3) is 0.750. The second-order valence-corrected chi connectivity index (χ2v) is 5.03. The van der Waals surface area contributed by atoms with Crippen LogP contribution in [0.15, 0.2) is 18.7 Å². The van der Waals surface area contributed by atoms with E-state index in [0.29, 0.717) is 0 Å². The van der Waals surface area contributed by atoms with Gasteiger partial charge in [0.1, 0.15) is 0 Å². The molecule has 0 aromatic carbocycles. The summed E-state index contributed by atoms with van der Waals surface area (Å²) in [6.07, 6.45) is 8.82. The Labute approximate surface area is 96.9 Å². The minimum atomic E-state index is -0.479. The van der Waals surface area contributed by atoms with E-state index in [1.807, 2.05) is 25.6 Å². The lowest BCUT2D eigenvalue weighted by atomic mass is 9.95. The molecule has 1 aromatic rings. The summed E-state index contributed by atoms with van der Waals surface area (Å²) >= 11 is 0. The van der Waals surface area contributed by atoms with Gasteiger partial charge in [-0.3, -0.25) is 0 Å². The third-order valence-corrected chi connectivity index (χ3v) is 3.20. The van der Waals surface area contributed by atoms with Gasteiger partial charge in [-0.2, -0.15) is 0 Å². The van der Waals surface area contributed by atoms with Crippen LogP contribution in [0.3, 0.4) is 0 Å². The second kappa shape index (κ2) is 4.97. The van der Waals surface area contributed by atoms with Gasteiger partial charge in [-0.1, -0.05) is 0 Å². The molecule has 2 rings (SSSR count). The van der Waals surface area contributed by atoms with E-state index < -0.39 is 5.60 Å². The molecule has 1 aliphatic rings. The standard InChI is InChI=1S/C12H21N3O/c1-12(16)4-2-6-14(10-12)7-3-8-15-9-5-13-11-15/h5,9,11,16H,2-4,6-8,10H2,1H3. The van der Waals surface area contributed by atoms with Crippen LogP contribution in [0.25, 0.3) is 0 Å². The number of imidazole rings is 1. The average molecular weight is 223 g/mol. The van der Waals surface area contributed by atoms with Crippen LogP contribution in [-0.4, -0.2) is 44.8 Å². The molecule has 1 N–H and O–H groups in total. The molecule has 2 heterocycles. The van der Waals surface area contributed by atoms with Crippen molar-refractivity contribution in [1.29, 1.82) is 0 Å². The van der Waals surface area contributed by atoms with E-state index in [-0.39, 0.29) is 0 Å². The van der Waals surface area contributed by atoms with Gasteiger partial charge in [-0.25, -0.2) is 4.98 Å². The van der Waals surface area contributed by atoms with Crippen LogP contribution in [0.4, 0.5) is 0 Å². The Morgan fingerprint density at radius 2 is 2.31 bits per heavy atom. The number of rotatable bonds is 4. The number of nitrogens with zero attached hydrogens (tertiary/aromatic N) is 3. The molecule has 1 atom stereocenters. The first kappa shape index (κ1) is 11.6. The molecule has 0 radical (unpaired) electrons. The highest BCUT2D eigenvalue weighted by Crippen LogP contribution is 2.20. The van der Waals surface area contributed by atoms with Gasteiger partial charge in [-0.05, 0) is 39.3 Å². The van der Waals surface area contributed by atoms with E-state index in [2.05, 4.69) is 14.5 Å². The quantitative estimate of drug-likeness (QED) is 0.831. The maximum Gasteiger partial charge on any atom is 0.0945 e. The molecule has 1 fully saturated rings. The average Bonchev–Trinajstić information content (AvgIpc) is 2.69. The van der Waals surface area contributed by atoms with Gasteiger partial charge in [0.2, 0.25) is 0 Å². The van der Waals surface area contributed by atoms with Crippen molar-refractivity contribution in [1.82, 2.24) is 14.5 Å². The Morgan fingerprint density at radius 1 is 1.44 bits per heavy atom. The lowest BCUT2D eigenvalue weighted by molar-refractivity contribution is -0.0159. The number of aromatic nitrogens is 2. The molecule has 1 saturated heterocycles. The van der Waals surface area contributed by atoms with Crippen molar-refractivity contribution in [2.45, 2.75) is 38.3 Å². The number of hydrogen-bond acceptors (Lipinski definition) is 3. The van der Waals surface area contributed by atoms with Gasteiger partial charge in [-0.15, -0.1) is 0 Å². The van der Waals surface area contributed by atoms with Gasteiger partial charge in [0.05, 0.1) is 11.9 Å². The fourth-order valence-corrected chi connectivity index (χ4v) is 2.41. The van der Waals surface area contributed by atoms with Crippen molar-refractivity contribution in [3.63, 3.8) is 0 Å². The van der Waals surface area contributed by atoms with Crippen molar-refractivity contribution in [3.05, 3.63) is 18.7 Å². The molecular formula is C12H21N3O. The van der Waals surface area contributed by atoms with Gasteiger partial charge in [0, 0.05) is 25.5 Å². The maximum atomic E-state index is 9.97. The topological polar surface area (TPSA) is 41.3 Å². The third-order valence-electron chi connectivity index (χ3n) is 3.20. The van der Waals surface area contributed by atoms with Crippen LogP contribution in [0.1, 0.15) is 26.2 Å². The molecule has 0 aliphatic carbocycles. The summed E-state index contributed by atoms with van der Waals surface area (Å²) in [6, 6.07) is 0. The van der Waals surface area contributed by atoms with Gasteiger partial charge in [0.15, 0.2) is 0 Å². The van der Waals surface area contributed by atoms with Crippen molar-refractivity contribution in [3.8, 4) is 0 Å². The monoisotopic (exact) mass is 223 g/mol. The van der Waals surface area contributed by atoms with E-state index in [0.717, 1.165) is 45.4 Å². The maximum absolute atomic E-state index is 9.97. The minimum Gasteiger partial charge on any atom is -0.389 e. The van der Waals surface area contributed by atoms with Gasteiger partial charge < -0.3 is 14.6 Å². The summed E-state index contributed by atoms with van der Waals surface area (Å²) in [5.41, 5.74) is -0.479. The summed E-state index contributed by atoms with van der Waals surface area (Å²) in [4.78, 5) is 6.38. The van der Waals surface area contributed by atoms with E-state index >= 15 is 0 Å². The van der Waals surface area contributed by atoms with Crippen molar-refractivity contribution in [2.75, 3.05) is 19.6 Å². The molecule has 0 bridgehead atoms. The first-order valence-electron chi connectivity index (χ1n) is 6.06. The summed E-state index contributed by atoms with van der Waals surface area (Å²) < 4.78 is 2.10. The largest absolute Gasteiger partial charge is 0.389 e. The molecule has 1 unspecified atom stereocenters. The predicted octanol–water partition coefficient (Wildman–Crippen LogP) is 1.12. The van der Waals surface area contributed by atoms with Crippen LogP contribution >= 0.6 is 0 Å². The first-order chi connectivity index (χ1) is 7.66. The Bertz CT molecular complexity index is 308. The highest BCUT2D eigenvalue weighted by atomic mass is 16.3. The van der Waals surface area contributed by atoms with E-state index in [1.165, 1.54) is 0 Å². The molecule has 16 heavy (non-hydrogen) atoms. The minimum absolute atomic E-state index is 0.479. The predicted molar refractivity (Wildman–Crippen MR) is 63.1 cm³/mol. The summed E-state index contributed by atoms with van der Waals surface area (Å²) in [5.74, 6) is 0. The van der Waals surface area contributed by atoms with E-state index in [9.17, 15) is 5.11 Å². The number of piperidine rings is 1. The molecule has 1 aromatic heterocycles. The second-order valence-electron chi connectivity index (χ2n) is 5.03. The smallest absolute Gasteiger partial charge is 0.0945 e. The lowest BCUT2D eigenvalue weighted by Gasteiger charge is -2.36. The molecule has 0 saturated carbocycles. The molecule has 0 spiro atoms. The number of aliphatic hydroxyl groups is 1. The number of aryl methyl sites for hydroxylation is 1. The van der Waals surface area contributed by atoms with Crippen LogP contribution in [0.5, 0.6) is 0 Å². The summed E-state index contributed by atoms with van der Waals surface area (Å²) in [6.45, 7) is 5.96. The molecular weight excluding hydrogens is 202 g/mol. The van der Waals surface area contributed by atoms with Crippen LogP contribution in [0.2, 0.25) is 0 Å². The number of hydrogen-bond donors (Lipinski definition) is 1. The molecule has 4 heteroatoms. The number of likely N-dealkylation sites (tertiary alicyclic amines) is 1. The lowest BCUT2D eigenvalue weighted by Crippen LogP contribution is -2.46. The molecule has 0 amide bonds. The summed E-state index contributed by atoms with van der Waals surface area (Å²) in [7, 11) is 0. The van der Waals surface area contributed by atoms with Crippen LogP contribution < -0.4 is 0 Å². The Balaban J connectivity index is 1.70.